The van der Waals surface area contributed by atoms with Crippen LogP contribution in [0.15, 0.2) is 11.1 Å². The Bertz CT molecular complexity index is 552. The van der Waals surface area contributed by atoms with Gasteiger partial charge in [0.25, 0.3) is 5.56 Å². The van der Waals surface area contributed by atoms with Crippen molar-refractivity contribution < 1.29 is 9.84 Å². The molecule has 0 atom stereocenters. The third-order valence-electron chi connectivity index (χ3n) is 1.96. The van der Waals surface area contributed by atoms with Crippen LogP contribution in [-0.4, -0.2) is 56.7 Å². The monoisotopic (exact) mass is 233 g/mol. The molecule has 0 aliphatic carbocycles. The summed E-state index contributed by atoms with van der Waals surface area (Å²) in [6.07, 6.45) is 1.43. The number of H-pyrrole nitrogens is 1. The van der Waals surface area contributed by atoms with Crippen molar-refractivity contribution in [3.63, 3.8) is 0 Å². The van der Waals surface area contributed by atoms with Gasteiger partial charge in [-0.3, -0.25) is 14.3 Å². The molecule has 9 heteroatoms. The molecule has 0 saturated heterocycles. The first-order valence-corrected chi connectivity index (χ1v) is 4.61. The summed E-state index contributed by atoms with van der Waals surface area (Å²) in [5.74, 6) is 0.0291. The average Bonchev–Trinajstić information content (AvgIpc) is 2.62. The molecular weight excluding hydrogens is 221 g/mol. The number of fused-ring (bicyclic) bond motifs is 1. The van der Waals surface area contributed by atoms with Crippen LogP contribution in [-0.2, 0) is 11.5 Å². The summed E-state index contributed by atoms with van der Waals surface area (Å²) < 4.78 is 6.63. The quantitative estimate of drug-likeness (QED) is 0.416. The van der Waals surface area contributed by atoms with E-state index in [1.807, 2.05) is 0 Å². The molecule has 0 aliphatic rings. The van der Waals surface area contributed by atoms with Gasteiger partial charge in [0.05, 0.1) is 19.5 Å². The first-order valence-electron chi connectivity index (χ1n) is 4.61. The molecule has 2 rings (SSSR count). The van der Waals surface area contributed by atoms with Crippen LogP contribution in [0.5, 0.6) is 0 Å². The fourth-order valence-corrected chi connectivity index (χ4v) is 1.29. The molecule has 0 amide bonds. The van der Waals surface area contributed by atoms with E-state index in [2.05, 4.69) is 15.0 Å². The molecule has 8 nitrogen and oxygen atoms in total. The number of aromatic amines is 1. The fraction of sp³-hybridized carbons (Fsp3) is 0.375. The Morgan fingerprint density at radius 3 is 3.06 bits per heavy atom. The molecule has 0 aromatic carbocycles. The summed E-state index contributed by atoms with van der Waals surface area (Å²) in [6.45, 7) is 0.300. The number of nitrogens with zero attached hydrogens (tertiary/aromatic N) is 3. The van der Waals surface area contributed by atoms with E-state index in [0.717, 1.165) is 0 Å². The first-order chi connectivity index (χ1) is 7.72. The number of aromatic nitrogens is 4. The van der Waals surface area contributed by atoms with E-state index in [9.17, 15) is 4.79 Å². The Balaban J connectivity index is 0.00000144. The van der Waals surface area contributed by atoms with Crippen LogP contribution in [0.3, 0.4) is 0 Å². The SMILES string of the molecule is Nc1nc2c(ncn2COCCO)c(=O)[nH]1.[LiH]. The third kappa shape index (κ3) is 2.86. The minimum atomic E-state index is -0.386. The van der Waals surface area contributed by atoms with Gasteiger partial charge in [-0.25, -0.2) is 4.98 Å². The van der Waals surface area contributed by atoms with Crippen molar-refractivity contribution in [3.05, 3.63) is 16.7 Å². The van der Waals surface area contributed by atoms with Crippen LogP contribution < -0.4 is 11.3 Å². The summed E-state index contributed by atoms with van der Waals surface area (Å²) in [5.41, 5.74) is 5.60. The number of imidazole rings is 1. The van der Waals surface area contributed by atoms with Gasteiger partial charge in [-0.15, -0.1) is 0 Å². The van der Waals surface area contributed by atoms with Crippen LogP contribution in [0.1, 0.15) is 0 Å². The summed E-state index contributed by atoms with van der Waals surface area (Å²) >= 11 is 0. The second kappa shape index (κ2) is 5.84. The Kier molecular flexibility index (Phi) is 4.71. The number of nitrogen functional groups attached to an aromatic ring is 1. The molecular formula is C8H12LiN5O3. The maximum absolute atomic E-state index is 11.4. The van der Waals surface area contributed by atoms with Crippen molar-refractivity contribution in [3.8, 4) is 0 Å². The molecule has 17 heavy (non-hydrogen) atoms. The Morgan fingerprint density at radius 1 is 1.59 bits per heavy atom. The van der Waals surface area contributed by atoms with Crippen LogP contribution in [0.4, 0.5) is 5.95 Å². The van der Waals surface area contributed by atoms with Crippen LogP contribution >= 0.6 is 0 Å². The molecule has 0 radical (unpaired) electrons. The van der Waals surface area contributed by atoms with E-state index in [1.165, 1.54) is 10.9 Å². The van der Waals surface area contributed by atoms with Crippen molar-refractivity contribution in [1.82, 2.24) is 19.5 Å². The predicted molar refractivity (Wildman–Crippen MR) is 62.7 cm³/mol. The van der Waals surface area contributed by atoms with Gasteiger partial charge < -0.3 is 15.6 Å². The molecule has 88 valence electrons. The molecule has 0 saturated carbocycles. The summed E-state index contributed by atoms with van der Waals surface area (Å²) in [5, 5.41) is 8.56. The van der Waals surface area contributed by atoms with Crippen molar-refractivity contribution in [2.75, 3.05) is 18.9 Å². The van der Waals surface area contributed by atoms with Gasteiger partial charge in [0.1, 0.15) is 6.73 Å². The summed E-state index contributed by atoms with van der Waals surface area (Å²) in [7, 11) is 0. The zero-order valence-electron chi connectivity index (χ0n) is 8.38. The van der Waals surface area contributed by atoms with Gasteiger partial charge in [0, 0.05) is 0 Å². The zero-order chi connectivity index (χ0) is 11.5. The fourth-order valence-electron chi connectivity index (χ4n) is 1.29. The van der Waals surface area contributed by atoms with E-state index >= 15 is 0 Å². The molecule has 0 aliphatic heterocycles. The topological polar surface area (TPSA) is 119 Å². The Hall–Kier alpha value is -1.33. The van der Waals surface area contributed by atoms with Gasteiger partial charge in [0.2, 0.25) is 5.95 Å². The standard InChI is InChI=1S/C8H11N5O3.Li.H/c9-8-11-6-5(7(15)12-8)10-3-13(6)4-16-2-1-14;;/h3,14H,1-2,4H2,(H3,9,11,12,15);;. The van der Waals surface area contributed by atoms with Gasteiger partial charge in [-0.05, 0) is 0 Å². The van der Waals surface area contributed by atoms with E-state index < -0.39 is 0 Å². The van der Waals surface area contributed by atoms with Crippen LogP contribution in [0.25, 0.3) is 11.2 Å². The molecule has 2 aromatic heterocycles. The van der Waals surface area contributed by atoms with Gasteiger partial charge >= 0.3 is 18.9 Å². The van der Waals surface area contributed by atoms with Crippen molar-refractivity contribution in [1.29, 1.82) is 0 Å². The van der Waals surface area contributed by atoms with E-state index in [1.54, 1.807) is 0 Å². The number of hydrogen-bond acceptors (Lipinski definition) is 6. The van der Waals surface area contributed by atoms with Crippen molar-refractivity contribution >= 4 is 36.0 Å². The molecule has 2 heterocycles. The van der Waals surface area contributed by atoms with Gasteiger partial charge in [-0.2, -0.15) is 4.98 Å². The van der Waals surface area contributed by atoms with E-state index in [4.69, 9.17) is 15.6 Å². The predicted octanol–water partition coefficient (Wildman–Crippen LogP) is -1.98. The Morgan fingerprint density at radius 2 is 2.35 bits per heavy atom. The maximum atomic E-state index is 11.4. The molecule has 0 bridgehead atoms. The second-order valence-electron chi connectivity index (χ2n) is 3.10. The summed E-state index contributed by atoms with van der Waals surface area (Å²) in [6, 6.07) is 0. The van der Waals surface area contributed by atoms with E-state index in [-0.39, 0.29) is 55.8 Å². The zero-order valence-corrected chi connectivity index (χ0v) is 8.38. The number of anilines is 1. The molecule has 0 fully saturated rings. The van der Waals surface area contributed by atoms with Crippen LogP contribution in [0.2, 0.25) is 0 Å². The molecule has 0 unspecified atom stereocenters. The number of aliphatic hydroxyl groups excluding tert-OH is 1. The first kappa shape index (κ1) is 13.7. The van der Waals surface area contributed by atoms with Gasteiger partial charge in [-0.1, -0.05) is 0 Å². The minimum absolute atomic E-state index is 0. The molecule has 4 N–H and O–H groups in total. The number of nitrogens with two attached hydrogens (primary N) is 1. The second-order valence-corrected chi connectivity index (χ2v) is 3.10. The number of rotatable bonds is 4. The van der Waals surface area contributed by atoms with Crippen LogP contribution in [0, 0.1) is 0 Å². The average molecular weight is 233 g/mol. The summed E-state index contributed by atoms with van der Waals surface area (Å²) in [4.78, 5) is 21.6. The number of aliphatic hydroxyl groups is 1. The number of ether oxygens (including phenoxy) is 1. The van der Waals surface area contributed by atoms with Crippen molar-refractivity contribution in [2.45, 2.75) is 6.73 Å². The van der Waals surface area contributed by atoms with E-state index in [0.29, 0.717) is 5.65 Å². The Labute approximate surface area is 108 Å². The van der Waals surface area contributed by atoms with Gasteiger partial charge in [0.15, 0.2) is 11.2 Å². The third-order valence-corrected chi connectivity index (χ3v) is 1.96. The number of nitrogens with one attached hydrogen (secondary N) is 1. The van der Waals surface area contributed by atoms with Crippen molar-refractivity contribution in [2.24, 2.45) is 0 Å². The number of hydrogen-bond donors (Lipinski definition) is 3. The normalized spacial score (nSPS) is 10.4. The molecule has 2 aromatic rings. The molecule has 0 spiro atoms.